The minimum absolute atomic E-state index is 0.250. The molecule has 1 aromatic carbocycles. The van der Waals surface area contributed by atoms with Crippen molar-refractivity contribution < 1.29 is 24.3 Å². The molecule has 3 N–H and O–H groups in total. The molecule has 0 saturated carbocycles. The van der Waals surface area contributed by atoms with Gasteiger partial charge in [-0.25, -0.2) is 0 Å². The molecular weight excluding hydrogens is 364 g/mol. The fraction of sp³-hybridized carbons (Fsp3) is 0.474. The number of likely N-dealkylation sites (tertiary alicyclic amines) is 1. The molecule has 0 spiro atoms. The van der Waals surface area contributed by atoms with Crippen LogP contribution in [-0.4, -0.2) is 63.9 Å². The van der Waals surface area contributed by atoms with E-state index in [1.807, 2.05) is 12.1 Å². The van der Waals surface area contributed by atoms with E-state index in [-0.39, 0.29) is 12.9 Å². The quantitative estimate of drug-likeness (QED) is 0.633. The van der Waals surface area contributed by atoms with Crippen molar-refractivity contribution in [2.45, 2.75) is 38.8 Å². The van der Waals surface area contributed by atoms with E-state index in [0.717, 1.165) is 12.1 Å². The molecule has 0 atom stereocenters. The van der Waals surface area contributed by atoms with Crippen LogP contribution in [-0.2, 0) is 16.1 Å². The van der Waals surface area contributed by atoms with Crippen molar-refractivity contribution in [2.75, 3.05) is 19.6 Å². The van der Waals surface area contributed by atoms with Crippen molar-refractivity contribution in [1.29, 1.82) is 0 Å². The van der Waals surface area contributed by atoms with Crippen LogP contribution in [0.2, 0.25) is 0 Å². The number of carbonyl (C=O) groups is 2. The molecule has 0 radical (unpaired) electrons. The van der Waals surface area contributed by atoms with Gasteiger partial charge in [0.2, 0.25) is 12.2 Å². The van der Waals surface area contributed by atoms with Gasteiger partial charge < -0.3 is 25.0 Å². The van der Waals surface area contributed by atoms with E-state index in [1.54, 1.807) is 0 Å². The fourth-order valence-corrected chi connectivity index (χ4v) is 3.01. The van der Waals surface area contributed by atoms with Gasteiger partial charge in [0.25, 0.3) is 12.9 Å². The number of carboxylic acid groups (broad SMARTS) is 2. The van der Waals surface area contributed by atoms with Crippen molar-refractivity contribution in [3.05, 3.63) is 36.2 Å². The maximum atomic E-state index is 8.36. The highest BCUT2D eigenvalue weighted by atomic mass is 16.5. The topological polar surface area (TPSA) is 129 Å². The molecular formula is C19H28N4O5. The molecule has 0 unspecified atom stereocenters. The summed E-state index contributed by atoms with van der Waals surface area (Å²) in [6.45, 7) is 6.36. The van der Waals surface area contributed by atoms with E-state index in [4.69, 9.17) is 24.3 Å². The summed E-state index contributed by atoms with van der Waals surface area (Å²) in [6.07, 6.45) is 5.11. The molecule has 1 saturated heterocycles. The van der Waals surface area contributed by atoms with Crippen LogP contribution in [0.1, 0.15) is 31.7 Å². The van der Waals surface area contributed by atoms with Crippen molar-refractivity contribution in [3.8, 4) is 11.4 Å². The van der Waals surface area contributed by atoms with Crippen molar-refractivity contribution >= 4 is 12.9 Å². The zero-order chi connectivity index (χ0) is 20.6. The van der Waals surface area contributed by atoms with E-state index < -0.39 is 0 Å². The van der Waals surface area contributed by atoms with E-state index in [1.165, 1.54) is 50.9 Å². The largest absolute Gasteiger partial charge is 0.483 e. The van der Waals surface area contributed by atoms with E-state index in [0.29, 0.717) is 11.9 Å². The number of hydrogen-bond acceptors (Lipinski definition) is 7. The minimum atomic E-state index is -0.250. The standard InChI is InChI=1S/C17H24N4O.2CH2O2/c1-2-9-21-10-7-16(8-11-21)18-12-14-3-5-15(6-4-14)17-19-13-22-20-17;2*2-1-3/h3-6,13,16,18H,2,7-12H2,1H3;2*1H,(H,2,3). The maximum Gasteiger partial charge on any atom is 0.290 e. The summed E-state index contributed by atoms with van der Waals surface area (Å²) < 4.78 is 4.77. The Morgan fingerprint density at radius 1 is 1.18 bits per heavy atom. The van der Waals surface area contributed by atoms with Crippen LogP contribution in [0.4, 0.5) is 0 Å². The number of aromatic nitrogens is 2. The molecule has 0 amide bonds. The zero-order valence-electron chi connectivity index (χ0n) is 16.0. The molecule has 1 aliphatic heterocycles. The summed E-state index contributed by atoms with van der Waals surface area (Å²) in [5.41, 5.74) is 2.29. The number of piperidine rings is 1. The van der Waals surface area contributed by atoms with Gasteiger partial charge in [-0.3, -0.25) is 9.59 Å². The molecule has 9 nitrogen and oxygen atoms in total. The van der Waals surface area contributed by atoms with Crippen molar-refractivity contribution in [3.63, 3.8) is 0 Å². The third-order valence-electron chi connectivity index (χ3n) is 4.30. The average Bonchev–Trinajstić information content (AvgIpc) is 3.24. The Balaban J connectivity index is 0.000000582. The fourth-order valence-electron chi connectivity index (χ4n) is 3.01. The van der Waals surface area contributed by atoms with Gasteiger partial charge in [-0.1, -0.05) is 36.3 Å². The smallest absolute Gasteiger partial charge is 0.290 e. The lowest BCUT2D eigenvalue weighted by Crippen LogP contribution is -2.42. The number of rotatable bonds is 6. The minimum Gasteiger partial charge on any atom is -0.483 e. The predicted octanol–water partition coefficient (Wildman–Crippen LogP) is 2.10. The molecule has 1 aromatic heterocycles. The molecule has 9 heteroatoms. The van der Waals surface area contributed by atoms with E-state index in [2.05, 4.69) is 39.4 Å². The molecule has 1 aliphatic rings. The Hall–Kier alpha value is -2.78. The van der Waals surface area contributed by atoms with Crippen LogP contribution in [0.5, 0.6) is 0 Å². The van der Waals surface area contributed by atoms with Gasteiger partial charge in [0.1, 0.15) is 0 Å². The summed E-state index contributed by atoms with van der Waals surface area (Å²) in [4.78, 5) is 23.3. The van der Waals surface area contributed by atoms with Crippen molar-refractivity contribution in [1.82, 2.24) is 20.4 Å². The Kier molecular flexibility index (Phi) is 11.9. The monoisotopic (exact) mass is 392 g/mol. The lowest BCUT2D eigenvalue weighted by Gasteiger charge is -2.32. The molecule has 0 aliphatic carbocycles. The molecule has 1 fully saturated rings. The lowest BCUT2D eigenvalue weighted by molar-refractivity contribution is -0.123. The lowest BCUT2D eigenvalue weighted by atomic mass is 10.0. The first kappa shape index (κ1) is 23.3. The number of benzene rings is 1. The van der Waals surface area contributed by atoms with Gasteiger partial charge >= 0.3 is 0 Å². The number of nitrogens with one attached hydrogen (secondary N) is 1. The SMILES string of the molecule is CCCN1CCC(NCc2ccc(-c3ncon3)cc2)CC1.O=CO.O=CO. The van der Waals surface area contributed by atoms with Gasteiger partial charge in [0, 0.05) is 18.2 Å². The normalized spacial score (nSPS) is 14.2. The van der Waals surface area contributed by atoms with Gasteiger partial charge in [-0.15, -0.1) is 0 Å². The first-order valence-electron chi connectivity index (χ1n) is 9.15. The second kappa shape index (κ2) is 14.3. The second-order valence-electron chi connectivity index (χ2n) is 6.16. The zero-order valence-corrected chi connectivity index (χ0v) is 16.0. The Labute approximate surface area is 164 Å². The second-order valence-corrected chi connectivity index (χ2v) is 6.16. The predicted molar refractivity (Wildman–Crippen MR) is 104 cm³/mol. The molecule has 0 bridgehead atoms. The van der Waals surface area contributed by atoms with Crippen molar-refractivity contribution in [2.24, 2.45) is 0 Å². The Bertz CT molecular complexity index is 635. The van der Waals surface area contributed by atoms with Crippen LogP contribution >= 0.6 is 0 Å². The summed E-state index contributed by atoms with van der Waals surface area (Å²) in [7, 11) is 0. The first-order chi connectivity index (χ1) is 13.7. The highest BCUT2D eigenvalue weighted by Gasteiger charge is 2.17. The van der Waals surface area contributed by atoms with Gasteiger partial charge in [0.05, 0.1) is 0 Å². The Morgan fingerprint density at radius 2 is 1.79 bits per heavy atom. The van der Waals surface area contributed by atoms with E-state index in [9.17, 15) is 0 Å². The average molecular weight is 392 g/mol. The number of nitrogens with zero attached hydrogens (tertiary/aromatic N) is 3. The van der Waals surface area contributed by atoms with Crippen LogP contribution in [0.15, 0.2) is 35.2 Å². The summed E-state index contributed by atoms with van der Waals surface area (Å²) in [6, 6.07) is 9.00. The van der Waals surface area contributed by atoms with Crippen LogP contribution in [0.25, 0.3) is 11.4 Å². The summed E-state index contributed by atoms with van der Waals surface area (Å²) >= 11 is 0. The number of hydrogen-bond donors (Lipinski definition) is 3. The molecule has 28 heavy (non-hydrogen) atoms. The molecule has 2 heterocycles. The first-order valence-corrected chi connectivity index (χ1v) is 9.15. The summed E-state index contributed by atoms with van der Waals surface area (Å²) in [5, 5.41) is 21.3. The van der Waals surface area contributed by atoms with Gasteiger partial charge in [-0.05, 0) is 44.5 Å². The van der Waals surface area contributed by atoms with Gasteiger partial charge in [-0.2, -0.15) is 4.98 Å². The molecule has 154 valence electrons. The summed E-state index contributed by atoms with van der Waals surface area (Å²) in [5.74, 6) is 0.641. The van der Waals surface area contributed by atoms with E-state index >= 15 is 0 Å². The third-order valence-corrected chi connectivity index (χ3v) is 4.30. The van der Waals surface area contributed by atoms with Crippen LogP contribution < -0.4 is 5.32 Å². The molecule has 3 rings (SSSR count). The highest BCUT2D eigenvalue weighted by molar-refractivity contribution is 5.54. The van der Waals surface area contributed by atoms with Crippen LogP contribution in [0.3, 0.4) is 0 Å². The Morgan fingerprint density at radius 3 is 2.29 bits per heavy atom. The van der Waals surface area contributed by atoms with Crippen LogP contribution in [0, 0.1) is 0 Å². The maximum absolute atomic E-state index is 8.36. The molecule has 2 aromatic rings. The van der Waals surface area contributed by atoms with Gasteiger partial charge in [0.15, 0.2) is 0 Å². The third kappa shape index (κ3) is 8.74. The highest BCUT2D eigenvalue weighted by Crippen LogP contribution is 2.16.